The zero-order chi connectivity index (χ0) is 13.7. The van der Waals surface area contributed by atoms with E-state index in [2.05, 4.69) is 16.5 Å². The van der Waals surface area contributed by atoms with Crippen LogP contribution in [-0.2, 0) is 6.42 Å². The van der Waals surface area contributed by atoms with E-state index >= 15 is 0 Å². The van der Waals surface area contributed by atoms with Gasteiger partial charge in [0.05, 0.1) is 4.88 Å². The van der Waals surface area contributed by atoms with Crippen LogP contribution in [0.15, 0.2) is 24.3 Å². The minimum atomic E-state index is -0.660. The van der Waals surface area contributed by atoms with Crippen LogP contribution in [0.5, 0.6) is 5.75 Å². The second kappa shape index (κ2) is 6.60. The third-order valence-electron chi connectivity index (χ3n) is 2.72. The summed E-state index contributed by atoms with van der Waals surface area (Å²) in [6.07, 6.45) is 0.222. The highest BCUT2D eigenvalue weighted by atomic mass is 32.1. The number of aliphatic hydroxyl groups is 1. The van der Waals surface area contributed by atoms with Crippen LogP contribution in [0.1, 0.15) is 11.8 Å². The lowest BCUT2D eigenvalue weighted by Gasteiger charge is -2.13. The molecule has 0 aliphatic rings. The molecule has 0 aliphatic carbocycles. The molecule has 0 spiro atoms. The zero-order valence-electron chi connectivity index (χ0n) is 10.7. The van der Waals surface area contributed by atoms with Crippen molar-refractivity contribution in [3.05, 3.63) is 29.1 Å². The van der Waals surface area contributed by atoms with E-state index in [4.69, 9.17) is 10.5 Å². The molecule has 1 unspecified atom stereocenters. The average molecular weight is 279 g/mol. The standard InChI is InChI=1S/C13H17N3O2S/c1-2-12-13(15-16-19-12)10-5-3-4-6-11(10)18-8-9(17)7-14/h3-6,9,17H,2,7-8,14H2,1H3. The molecule has 102 valence electrons. The van der Waals surface area contributed by atoms with Crippen molar-refractivity contribution in [2.24, 2.45) is 5.73 Å². The molecule has 3 N–H and O–H groups in total. The molecule has 0 amide bonds. The van der Waals surface area contributed by atoms with Crippen molar-refractivity contribution in [1.82, 2.24) is 9.59 Å². The molecule has 0 saturated heterocycles. The Morgan fingerprint density at radius 3 is 2.95 bits per heavy atom. The van der Waals surface area contributed by atoms with Crippen molar-refractivity contribution in [2.75, 3.05) is 13.2 Å². The van der Waals surface area contributed by atoms with Gasteiger partial charge in [-0.3, -0.25) is 0 Å². The van der Waals surface area contributed by atoms with E-state index in [0.29, 0.717) is 5.75 Å². The van der Waals surface area contributed by atoms with Crippen LogP contribution in [0.3, 0.4) is 0 Å². The lowest BCUT2D eigenvalue weighted by atomic mass is 10.1. The second-order valence-electron chi connectivity index (χ2n) is 4.09. The maximum atomic E-state index is 9.47. The van der Waals surface area contributed by atoms with Crippen LogP contribution < -0.4 is 10.5 Å². The van der Waals surface area contributed by atoms with Gasteiger partial charge in [-0.2, -0.15) is 0 Å². The first-order valence-electron chi connectivity index (χ1n) is 6.17. The monoisotopic (exact) mass is 279 g/mol. The van der Waals surface area contributed by atoms with Gasteiger partial charge in [0.25, 0.3) is 0 Å². The smallest absolute Gasteiger partial charge is 0.128 e. The minimum absolute atomic E-state index is 0.173. The first-order valence-corrected chi connectivity index (χ1v) is 6.95. The van der Waals surface area contributed by atoms with Crippen LogP contribution in [0, 0.1) is 0 Å². The van der Waals surface area contributed by atoms with Crippen molar-refractivity contribution in [2.45, 2.75) is 19.4 Å². The molecule has 0 radical (unpaired) electrons. The zero-order valence-corrected chi connectivity index (χ0v) is 11.6. The molecule has 0 fully saturated rings. The molecular formula is C13H17N3O2S. The van der Waals surface area contributed by atoms with Gasteiger partial charge < -0.3 is 15.6 Å². The summed E-state index contributed by atoms with van der Waals surface area (Å²) in [5.41, 5.74) is 7.12. The molecule has 6 heteroatoms. The Morgan fingerprint density at radius 2 is 2.21 bits per heavy atom. The Balaban J connectivity index is 2.26. The Kier molecular flexibility index (Phi) is 4.84. The predicted octanol–water partition coefficient (Wildman–Crippen LogP) is 1.47. The number of ether oxygens (including phenoxy) is 1. The molecule has 19 heavy (non-hydrogen) atoms. The Labute approximate surface area is 116 Å². The summed E-state index contributed by atoms with van der Waals surface area (Å²) < 4.78 is 9.61. The number of nitrogens with two attached hydrogens (primary N) is 1. The fourth-order valence-electron chi connectivity index (χ4n) is 1.69. The second-order valence-corrected chi connectivity index (χ2v) is 4.93. The van der Waals surface area contributed by atoms with Crippen LogP contribution >= 0.6 is 11.5 Å². The summed E-state index contributed by atoms with van der Waals surface area (Å²) >= 11 is 1.40. The van der Waals surface area contributed by atoms with Crippen molar-refractivity contribution in [1.29, 1.82) is 0 Å². The van der Waals surface area contributed by atoms with E-state index in [1.807, 2.05) is 24.3 Å². The summed E-state index contributed by atoms with van der Waals surface area (Å²) in [7, 11) is 0. The largest absolute Gasteiger partial charge is 0.490 e. The Hall–Kier alpha value is -1.50. The molecule has 1 aromatic carbocycles. The number of benzene rings is 1. The highest BCUT2D eigenvalue weighted by Crippen LogP contribution is 2.32. The molecule has 1 atom stereocenters. The van der Waals surface area contributed by atoms with Gasteiger partial charge in [0.2, 0.25) is 0 Å². The van der Waals surface area contributed by atoms with Gasteiger partial charge in [-0.1, -0.05) is 23.5 Å². The Morgan fingerprint density at radius 1 is 1.42 bits per heavy atom. The third-order valence-corrected chi connectivity index (χ3v) is 3.59. The lowest BCUT2D eigenvalue weighted by Crippen LogP contribution is -2.26. The molecular weight excluding hydrogens is 262 g/mol. The number of hydrogen-bond donors (Lipinski definition) is 2. The summed E-state index contributed by atoms with van der Waals surface area (Å²) in [6, 6.07) is 7.62. The summed E-state index contributed by atoms with van der Waals surface area (Å²) in [4.78, 5) is 1.12. The number of aromatic nitrogens is 2. The van der Waals surface area contributed by atoms with Gasteiger partial charge in [-0.15, -0.1) is 5.10 Å². The van der Waals surface area contributed by atoms with Crippen molar-refractivity contribution in [3.63, 3.8) is 0 Å². The van der Waals surface area contributed by atoms with E-state index < -0.39 is 6.10 Å². The molecule has 1 aromatic heterocycles. The van der Waals surface area contributed by atoms with Gasteiger partial charge >= 0.3 is 0 Å². The predicted molar refractivity (Wildman–Crippen MR) is 75.3 cm³/mol. The van der Waals surface area contributed by atoms with E-state index in [0.717, 1.165) is 22.6 Å². The summed E-state index contributed by atoms with van der Waals surface area (Å²) in [6.45, 7) is 2.42. The van der Waals surface area contributed by atoms with Gasteiger partial charge in [-0.25, -0.2) is 0 Å². The van der Waals surface area contributed by atoms with Gasteiger partial charge in [0.15, 0.2) is 0 Å². The normalized spacial score (nSPS) is 12.4. The first kappa shape index (κ1) is 13.9. The SMILES string of the molecule is CCc1snnc1-c1ccccc1OCC(O)CN. The molecule has 1 heterocycles. The fraction of sp³-hybridized carbons (Fsp3) is 0.385. The van der Waals surface area contributed by atoms with Crippen molar-refractivity contribution in [3.8, 4) is 17.0 Å². The number of aryl methyl sites for hydroxylation is 1. The molecule has 0 aliphatic heterocycles. The van der Waals surface area contributed by atoms with Crippen molar-refractivity contribution >= 4 is 11.5 Å². The van der Waals surface area contributed by atoms with E-state index in [1.54, 1.807) is 0 Å². The molecule has 0 saturated carbocycles. The van der Waals surface area contributed by atoms with Gasteiger partial charge in [-0.05, 0) is 30.1 Å². The maximum absolute atomic E-state index is 9.47. The maximum Gasteiger partial charge on any atom is 0.128 e. The summed E-state index contributed by atoms with van der Waals surface area (Å²) in [5, 5.41) is 13.6. The number of para-hydroxylation sites is 1. The van der Waals surface area contributed by atoms with Crippen LogP contribution in [0.4, 0.5) is 0 Å². The third kappa shape index (κ3) is 3.28. The first-order chi connectivity index (χ1) is 9.26. The van der Waals surface area contributed by atoms with Crippen LogP contribution in [0.2, 0.25) is 0 Å². The summed E-state index contributed by atoms with van der Waals surface area (Å²) in [5.74, 6) is 0.692. The number of hydrogen-bond acceptors (Lipinski definition) is 6. The fourth-order valence-corrected chi connectivity index (χ4v) is 2.28. The highest BCUT2D eigenvalue weighted by molar-refractivity contribution is 7.05. The molecule has 0 bridgehead atoms. The number of rotatable bonds is 6. The van der Waals surface area contributed by atoms with Crippen LogP contribution in [-0.4, -0.2) is 33.9 Å². The minimum Gasteiger partial charge on any atom is -0.490 e. The van der Waals surface area contributed by atoms with Gasteiger partial charge in [0, 0.05) is 12.1 Å². The highest BCUT2D eigenvalue weighted by Gasteiger charge is 2.14. The Bertz CT molecular complexity index is 530. The van der Waals surface area contributed by atoms with Crippen molar-refractivity contribution < 1.29 is 9.84 Å². The quantitative estimate of drug-likeness (QED) is 0.836. The molecule has 5 nitrogen and oxygen atoms in total. The topological polar surface area (TPSA) is 81.3 Å². The average Bonchev–Trinajstić information content (AvgIpc) is 2.93. The van der Waals surface area contributed by atoms with Crippen LogP contribution in [0.25, 0.3) is 11.3 Å². The van der Waals surface area contributed by atoms with E-state index in [9.17, 15) is 5.11 Å². The van der Waals surface area contributed by atoms with Gasteiger partial charge in [0.1, 0.15) is 24.2 Å². The van der Waals surface area contributed by atoms with E-state index in [-0.39, 0.29) is 13.2 Å². The number of aliphatic hydroxyl groups excluding tert-OH is 1. The van der Waals surface area contributed by atoms with E-state index in [1.165, 1.54) is 11.5 Å². The molecule has 2 rings (SSSR count). The lowest BCUT2D eigenvalue weighted by molar-refractivity contribution is 0.114. The number of nitrogens with zero attached hydrogens (tertiary/aromatic N) is 2. The molecule has 2 aromatic rings.